The van der Waals surface area contributed by atoms with Crippen LogP contribution >= 0.6 is 11.6 Å². The van der Waals surface area contributed by atoms with Gasteiger partial charge in [0, 0.05) is 37.3 Å². The highest BCUT2D eigenvalue weighted by atomic mass is 35.5. The molecule has 1 aromatic heterocycles. The summed E-state index contributed by atoms with van der Waals surface area (Å²) < 4.78 is 0. The number of carbonyl (C=O) groups is 1. The monoisotopic (exact) mass is 303 g/mol. The van der Waals surface area contributed by atoms with Crippen molar-refractivity contribution < 1.29 is 4.79 Å². The predicted octanol–water partition coefficient (Wildman–Crippen LogP) is 2.53. The third-order valence-corrected chi connectivity index (χ3v) is 3.36. The lowest BCUT2D eigenvalue weighted by molar-refractivity contribution is -0.121. The lowest BCUT2D eigenvalue weighted by atomic mass is 10.2. The molecule has 0 aliphatic heterocycles. The van der Waals surface area contributed by atoms with Gasteiger partial charge in [0.2, 0.25) is 5.91 Å². The predicted molar refractivity (Wildman–Crippen MR) is 83.9 cm³/mol. The average Bonchev–Trinajstić information content (AvgIpc) is 2.52. The van der Waals surface area contributed by atoms with Gasteiger partial charge in [-0.1, -0.05) is 35.9 Å². The maximum atomic E-state index is 11.7. The Morgan fingerprint density at radius 3 is 2.67 bits per heavy atom. The van der Waals surface area contributed by atoms with Gasteiger partial charge in [0.15, 0.2) is 0 Å². The zero-order valence-electron chi connectivity index (χ0n) is 11.7. The lowest BCUT2D eigenvalue weighted by Crippen LogP contribution is -2.27. The van der Waals surface area contributed by atoms with Crippen molar-refractivity contribution in [2.24, 2.45) is 0 Å². The normalized spacial score (nSPS) is 10.3. The third kappa shape index (κ3) is 5.53. The van der Waals surface area contributed by atoms with Crippen molar-refractivity contribution in [3.05, 3.63) is 64.9 Å². The fraction of sp³-hybridized carbons (Fsp3) is 0.250. The molecule has 0 saturated heterocycles. The molecule has 0 bridgehead atoms. The minimum absolute atomic E-state index is 0.00319. The highest BCUT2D eigenvalue weighted by Crippen LogP contribution is 2.14. The van der Waals surface area contributed by atoms with E-state index in [2.05, 4.69) is 15.6 Å². The van der Waals surface area contributed by atoms with E-state index in [-0.39, 0.29) is 5.91 Å². The number of amides is 1. The summed E-state index contributed by atoms with van der Waals surface area (Å²) in [5.74, 6) is 0.00319. The summed E-state index contributed by atoms with van der Waals surface area (Å²) in [4.78, 5) is 15.9. The van der Waals surface area contributed by atoms with Crippen LogP contribution in [0, 0.1) is 0 Å². The molecule has 0 atom stereocenters. The highest BCUT2D eigenvalue weighted by Gasteiger charge is 2.03. The fourth-order valence-corrected chi connectivity index (χ4v) is 2.05. The van der Waals surface area contributed by atoms with Crippen molar-refractivity contribution >= 4 is 17.5 Å². The molecule has 1 heterocycles. The number of benzene rings is 1. The molecule has 0 radical (unpaired) electrons. The number of halogens is 1. The van der Waals surface area contributed by atoms with Crippen LogP contribution in [0.4, 0.5) is 0 Å². The smallest absolute Gasteiger partial charge is 0.221 e. The van der Waals surface area contributed by atoms with Crippen LogP contribution in [0.2, 0.25) is 5.02 Å². The first-order valence-corrected chi connectivity index (χ1v) is 7.24. The summed E-state index contributed by atoms with van der Waals surface area (Å²) in [7, 11) is 0. The molecule has 4 nitrogen and oxygen atoms in total. The van der Waals surface area contributed by atoms with Crippen LogP contribution in [0.5, 0.6) is 0 Å². The summed E-state index contributed by atoms with van der Waals surface area (Å²) >= 11 is 6.03. The Morgan fingerprint density at radius 1 is 1.10 bits per heavy atom. The van der Waals surface area contributed by atoms with Crippen LogP contribution in [0.1, 0.15) is 17.7 Å². The highest BCUT2D eigenvalue weighted by molar-refractivity contribution is 6.31. The number of nitrogens with zero attached hydrogens (tertiary/aromatic N) is 1. The zero-order valence-corrected chi connectivity index (χ0v) is 12.4. The van der Waals surface area contributed by atoms with Gasteiger partial charge in [-0.3, -0.25) is 9.78 Å². The first kappa shape index (κ1) is 15.5. The minimum Gasteiger partial charge on any atom is -0.352 e. The van der Waals surface area contributed by atoms with Crippen molar-refractivity contribution in [3.8, 4) is 0 Å². The fourth-order valence-electron chi connectivity index (χ4n) is 1.85. The SMILES string of the molecule is O=C(CCNCc1ccccn1)NCc1ccccc1Cl. The topological polar surface area (TPSA) is 54.0 Å². The molecule has 0 spiro atoms. The molecule has 1 aromatic carbocycles. The Hall–Kier alpha value is -1.91. The second kappa shape index (κ2) is 8.39. The number of pyridine rings is 1. The first-order chi connectivity index (χ1) is 10.3. The van der Waals surface area contributed by atoms with Crippen molar-refractivity contribution in [1.82, 2.24) is 15.6 Å². The molecule has 110 valence electrons. The second-order valence-electron chi connectivity index (χ2n) is 4.62. The number of hydrogen-bond acceptors (Lipinski definition) is 3. The lowest BCUT2D eigenvalue weighted by Gasteiger charge is -2.07. The standard InChI is InChI=1S/C16H18ClN3O/c17-15-7-2-1-5-13(15)11-20-16(21)8-10-18-12-14-6-3-4-9-19-14/h1-7,9,18H,8,10-12H2,(H,20,21). The van der Waals surface area contributed by atoms with E-state index in [0.29, 0.717) is 31.1 Å². The number of aromatic nitrogens is 1. The molecule has 2 N–H and O–H groups in total. The van der Waals surface area contributed by atoms with Crippen LogP contribution in [0.25, 0.3) is 0 Å². The summed E-state index contributed by atoms with van der Waals surface area (Å²) in [6.45, 7) is 1.74. The first-order valence-electron chi connectivity index (χ1n) is 6.86. The van der Waals surface area contributed by atoms with Gasteiger partial charge < -0.3 is 10.6 Å². The van der Waals surface area contributed by atoms with E-state index in [0.717, 1.165) is 11.3 Å². The molecule has 2 rings (SSSR count). The molecule has 5 heteroatoms. The molecule has 1 amide bonds. The van der Waals surface area contributed by atoms with E-state index < -0.39 is 0 Å². The quantitative estimate of drug-likeness (QED) is 0.773. The second-order valence-corrected chi connectivity index (χ2v) is 5.02. The Morgan fingerprint density at radius 2 is 1.90 bits per heavy atom. The van der Waals surface area contributed by atoms with Crippen LogP contribution in [-0.2, 0) is 17.9 Å². The molecular formula is C16H18ClN3O. The van der Waals surface area contributed by atoms with E-state index in [1.807, 2.05) is 42.5 Å². The molecule has 0 fully saturated rings. The molecule has 21 heavy (non-hydrogen) atoms. The molecule has 0 aliphatic carbocycles. The van der Waals surface area contributed by atoms with Crippen LogP contribution in [-0.4, -0.2) is 17.4 Å². The zero-order chi connectivity index (χ0) is 14.9. The van der Waals surface area contributed by atoms with E-state index in [1.165, 1.54) is 0 Å². The van der Waals surface area contributed by atoms with Crippen LogP contribution < -0.4 is 10.6 Å². The van der Waals surface area contributed by atoms with E-state index in [9.17, 15) is 4.79 Å². The molecular weight excluding hydrogens is 286 g/mol. The Labute approximate surface area is 129 Å². The Bertz CT molecular complexity index is 575. The van der Waals surface area contributed by atoms with Gasteiger partial charge in [-0.15, -0.1) is 0 Å². The number of hydrogen-bond donors (Lipinski definition) is 2. The summed E-state index contributed by atoms with van der Waals surface area (Å²) in [5.41, 5.74) is 1.89. The van der Waals surface area contributed by atoms with Crippen molar-refractivity contribution in [2.45, 2.75) is 19.5 Å². The van der Waals surface area contributed by atoms with Crippen LogP contribution in [0.15, 0.2) is 48.7 Å². The molecule has 0 saturated carbocycles. The average molecular weight is 304 g/mol. The van der Waals surface area contributed by atoms with E-state index in [1.54, 1.807) is 6.20 Å². The number of nitrogens with one attached hydrogen (secondary N) is 2. The van der Waals surface area contributed by atoms with Gasteiger partial charge in [0.1, 0.15) is 0 Å². The van der Waals surface area contributed by atoms with Gasteiger partial charge in [0.05, 0.1) is 5.69 Å². The molecule has 2 aromatic rings. The maximum Gasteiger partial charge on any atom is 0.221 e. The maximum absolute atomic E-state index is 11.7. The van der Waals surface area contributed by atoms with E-state index in [4.69, 9.17) is 11.6 Å². The largest absolute Gasteiger partial charge is 0.352 e. The number of rotatable bonds is 7. The van der Waals surface area contributed by atoms with E-state index >= 15 is 0 Å². The summed E-state index contributed by atoms with van der Waals surface area (Å²) in [6.07, 6.45) is 2.19. The van der Waals surface area contributed by atoms with Crippen molar-refractivity contribution in [3.63, 3.8) is 0 Å². The van der Waals surface area contributed by atoms with Gasteiger partial charge in [-0.05, 0) is 23.8 Å². The Kier molecular flexibility index (Phi) is 6.19. The minimum atomic E-state index is 0.00319. The van der Waals surface area contributed by atoms with Gasteiger partial charge in [0.25, 0.3) is 0 Å². The van der Waals surface area contributed by atoms with Gasteiger partial charge >= 0.3 is 0 Å². The summed E-state index contributed by atoms with van der Waals surface area (Å²) in [5, 5.41) is 6.72. The van der Waals surface area contributed by atoms with Gasteiger partial charge in [-0.2, -0.15) is 0 Å². The van der Waals surface area contributed by atoms with Crippen molar-refractivity contribution in [2.75, 3.05) is 6.54 Å². The summed E-state index contributed by atoms with van der Waals surface area (Å²) in [6, 6.07) is 13.3. The van der Waals surface area contributed by atoms with Crippen LogP contribution in [0.3, 0.4) is 0 Å². The van der Waals surface area contributed by atoms with Gasteiger partial charge in [-0.25, -0.2) is 0 Å². The third-order valence-electron chi connectivity index (χ3n) is 2.99. The molecule has 0 aliphatic rings. The number of carbonyl (C=O) groups excluding carboxylic acids is 1. The van der Waals surface area contributed by atoms with Crippen molar-refractivity contribution in [1.29, 1.82) is 0 Å². The Balaban J connectivity index is 1.63. The molecule has 0 unspecified atom stereocenters.